The van der Waals surface area contributed by atoms with Crippen molar-refractivity contribution in [1.29, 1.82) is 0 Å². The van der Waals surface area contributed by atoms with Crippen molar-refractivity contribution in [3.05, 3.63) is 63.4 Å². The van der Waals surface area contributed by atoms with E-state index in [9.17, 15) is 9.18 Å². The minimum absolute atomic E-state index is 0.0660. The molecule has 0 fully saturated rings. The number of nitrogen functional groups attached to an aromatic ring is 1. The van der Waals surface area contributed by atoms with Crippen LogP contribution in [0.3, 0.4) is 0 Å². The Balaban J connectivity index is 2.11. The van der Waals surface area contributed by atoms with Crippen LogP contribution in [-0.2, 0) is 11.3 Å². The van der Waals surface area contributed by atoms with Crippen molar-refractivity contribution in [2.24, 2.45) is 0 Å². The summed E-state index contributed by atoms with van der Waals surface area (Å²) >= 11 is 11.7. The van der Waals surface area contributed by atoms with E-state index in [0.29, 0.717) is 11.3 Å². The van der Waals surface area contributed by atoms with Crippen molar-refractivity contribution in [2.75, 3.05) is 5.73 Å². The largest absolute Gasteiger partial charge is 0.457 e. The van der Waals surface area contributed by atoms with Crippen molar-refractivity contribution < 1.29 is 13.9 Å². The van der Waals surface area contributed by atoms with Crippen molar-refractivity contribution >= 4 is 34.9 Å². The lowest BCUT2D eigenvalue weighted by Crippen LogP contribution is -2.07. The number of hydrogen-bond donors (Lipinski definition) is 1. The normalized spacial score (nSPS) is 10.3. The molecule has 0 saturated heterocycles. The zero-order valence-corrected chi connectivity index (χ0v) is 11.7. The van der Waals surface area contributed by atoms with Gasteiger partial charge in [0.15, 0.2) is 0 Å². The maximum Gasteiger partial charge on any atom is 0.339 e. The molecule has 0 aliphatic heterocycles. The van der Waals surface area contributed by atoms with Crippen molar-refractivity contribution in [2.45, 2.75) is 6.61 Å². The van der Waals surface area contributed by atoms with Gasteiger partial charge in [-0.1, -0.05) is 35.3 Å². The number of halogens is 3. The molecular formula is C14H10Cl2FNO2. The molecular weight excluding hydrogens is 304 g/mol. The fourth-order valence-electron chi connectivity index (χ4n) is 1.58. The van der Waals surface area contributed by atoms with Gasteiger partial charge in [0.25, 0.3) is 0 Å². The van der Waals surface area contributed by atoms with Crippen LogP contribution in [0, 0.1) is 5.82 Å². The van der Waals surface area contributed by atoms with Crippen LogP contribution in [0.4, 0.5) is 10.1 Å². The Hall–Kier alpha value is -1.78. The van der Waals surface area contributed by atoms with Gasteiger partial charge in [0.2, 0.25) is 0 Å². The van der Waals surface area contributed by atoms with Crippen LogP contribution in [0.2, 0.25) is 10.0 Å². The molecule has 0 amide bonds. The number of anilines is 1. The van der Waals surface area contributed by atoms with Crippen LogP contribution in [0.5, 0.6) is 0 Å². The average molecular weight is 314 g/mol. The van der Waals surface area contributed by atoms with E-state index in [1.54, 1.807) is 6.07 Å². The minimum atomic E-state index is -0.629. The summed E-state index contributed by atoms with van der Waals surface area (Å²) in [6, 6.07) is 8.74. The predicted molar refractivity (Wildman–Crippen MR) is 76.4 cm³/mol. The third kappa shape index (κ3) is 3.21. The molecule has 2 aromatic carbocycles. The number of carbonyl (C=O) groups is 1. The number of hydrogen-bond acceptors (Lipinski definition) is 3. The number of esters is 1. The molecule has 2 N–H and O–H groups in total. The van der Waals surface area contributed by atoms with Crippen LogP contribution in [0.25, 0.3) is 0 Å². The summed E-state index contributed by atoms with van der Waals surface area (Å²) < 4.78 is 18.3. The van der Waals surface area contributed by atoms with E-state index in [0.717, 1.165) is 0 Å². The highest BCUT2D eigenvalue weighted by Gasteiger charge is 2.13. The zero-order valence-electron chi connectivity index (χ0n) is 10.2. The molecule has 0 bridgehead atoms. The summed E-state index contributed by atoms with van der Waals surface area (Å²) in [5.74, 6) is -1.19. The molecule has 0 radical (unpaired) electrons. The second-order valence-corrected chi connectivity index (χ2v) is 4.81. The van der Waals surface area contributed by atoms with Gasteiger partial charge in [0.05, 0.1) is 15.6 Å². The fourth-order valence-corrected chi connectivity index (χ4v) is 2.02. The highest BCUT2D eigenvalue weighted by molar-refractivity contribution is 6.33. The average Bonchev–Trinajstić information content (AvgIpc) is 2.40. The second-order valence-electron chi connectivity index (χ2n) is 4.03. The molecule has 2 aromatic rings. The summed E-state index contributed by atoms with van der Waals surface area (Å²) in [6.07, 6.45) is 0. The van der Waals surface area contributed by atoms with E-state index in [-0.39, 0.29) is 22.2 Å². The first-order chi connectivity index (χ1) is 9.49. The van der Waals surface area contributed by atoms with E-state index < -0.39 is 11.8 Å². The number of carbonyl (C=O) groups excluding carboxylic acids is 1. The van der Waals surface area contributed by atoms with Gasteiger partial charge in [0.1, 0.15) is 12.4 Å². The van der Waals surface area contributed by atoms with Crippen LogP contribution in [0.1, 0.15) is 15.9 Å². The molecule has 0 aliphatic carbocycles. The molecule has 3 nitrogen and oxygen atoms in total. The van der Waals surface area contributed by atoms with E-state index in [1.807, 2.05) is 0 Å². The van der Waals surface area contributed by atoms with Crippen molar-refractivity contribution in [3.8, 4) is 0 Å². The van der Waals surface area contributed by atoms with E-state index in [1.165, 1.54) is 30.3 Å². The monoisotopic (exact) mass is 313 g/mol. The van der Waals surface area contributed by atoms with Gasteiger partial charge < -0.3 is 10.5 Å². The first-order valence-electron chi connectivity index (χ1n) is 5.64. The Kier molecular flexibility index (Phi) is 4.47. The Bertz CT molecular complexity index is 662. The SMILES string of the molecule is Nc1ccc(C(=O)OCc2cccc(F)c2Cl)c(Cl)c1. The van der Waals surface area contributed by atoms with E-state index in [4.69, 9.17) is 33.7 Å². The van der Waals surface area contributed by atoms with Gasteiger partial charge in [-0.3, -0.25) is 0 Å². The highest BCUT2D eigenvalue weighted by atomic mass is 35.5. The molecule has 0 unspecified atom stereocenters. The van der Waals surface area contributed by atoms with Gasteiger partial charge in [-0.2, -0.15) is 0 Å². The maximum absolute atomic E-state index is 13.2. The van der Waals surface area contributed by atoms with Crippen LogP contribution in [-0.4, -0.2) is 5.97 Å². The first kappa shape index (κ1) is 14.6. The summed E-state index contributed by atoms with van der Waals surface area (Å²) in [6.45, 7) is -0.143. The lowest BCUT2D eigenvalue weighted by Gasteiger charge is -2.08. The minimum Gasteiger partial charge on any atom is -0.457 e. The molecule has 0 spiro atoms. The molecule has 0 atom stereocenters. The highest BCUT2D eigenvalue weighted by Crippen LogP contribution is 2.23. The first-order valence-corrected chi connectivity index (χ1v) is 6.39. The maximum atomic E-state index is 13.2. The van der Waals surface area contributed by atoms with Gasteiger partial charge in [0, 0.05) is 11.3 Å². The third-order valence-corrected chi connectivity index (χ3v) is 3.34. The number of ether oxygens (including phenoxy) is 1. The Morgan fingerprint density at radius 2 is 2.00 bits per heavy atom. The molecule has 0 aromatic heterocycles. The topological polar surface area (TPSA) is 52.3 Å². The molecule has 104 valence electrons. The Labute approximate surface area is 125 Å². The smallest absolute Gasteiger partial charge is 0.339 e. The number of nitrogens with two attached hydrogens (primary N) is 1. The van der Waals surface area contributed by atoms with Crippen LogP contribution >= 0.6 is 23.2 Å². The number of benzene rings is 2. The molecule has 0 saturated carbocycles. The zero-order chi connectivity index (χ0) is 14.7. The van der Waals surface area contributed by atoms with Gasteiger partial charge >= 0.3 is 5.97 Å². The third-order valence-electron chi connectivity index (χ3n) is 2.60. The van der Waals surface area contributed by atoms with Gasteiger partial charge in [-0.25, -0.2) is 9.18 Å². The molecule has 6 heteroatoms. The predicted octanol–water partition coefficient (Wildman–Crippen LogP) is 4.07. The van der Waals surface area contributed by atoms with Gasteiger partial charge in [-0.15, -0.1) is 0 Å². The lowest BCUT2D eigenvalue weighted by molar-refractivity contribution is 0.0472. The van der Waals surface area contributed by atoms with Crippen molar-refractivity contribution in [3.63, 3.8) is 0 Å². The Morgan fingerprint density at radius 3 is 2.70 bits per heavy atom. The second kappa shape index (κ2) is 6.11. The fraction of sp³-hybridized carbons (Fsp3) is 0.0714. The van der Waals surface area contributed by atoms with Crippen LogP contribution < -0.4 is 5.73 Å². The molecule has 20 heavy (non-hydrogen) atoms. The van der Waals surface area contributed by atoms with Gasteiger partial charge in [-0.05, 0) is 24.3 Å². The summed E-state index contributed by atoms with van der Waals surface area (Å²) in [4.78, 5) is 11.9. The summed E-state index contributed by atoms with van der Waals surface area (Å²) in [5, 5.41) is 0.129. The quantitative estimate of drug-likeness (QED) is 0.686. The molecule has 2 rings (SSSR count). The van der Waals surface area contributed by atoms with E-state index >= 15 is 0 Å². The Morgan fingerprint density at radius 1 is 1.25 bits per heavy atom. The summed E-state index contributed by atoms with van der Waals surface area (Å²) in [5.41, 5.74) is 6.55. The molecule has 0 heterocycles. The standard InChI is InChI=1S/C14H10Cl2FNO2/c15-11-6-9(18)4-5-10(11)14(19)20-7-8-2-1-3-12(17)13(8)16/h1-6H,7,18H2. The lowest BCUT2D eigenvalue weighted by atomic mass is 10.2. The summed E-state index contributed by atoms with van der Waals surface area (Å²) in [7, 11) is 0. The molecule has 0 aliphatic rings. The van der Waals surface area contributed by atoms with E-state index in [2.05, 4.69) is 0 Å². The van der Waals surface area contributed by atoms with Crippen LogP contribution in [0.15, 0.2) is 36.4 Å². The number of rotatable bonds is 3. The van der Waals surface area contributed by atoms with Crippen molar-refractivity contribution in [1.82, 2.24) is 0 Å².